The van der Waals surface area contributed by atoms with Crippen molar-refractivity contribution in [1.82, 2.24) is 6.15 Å². The van der Waals surface area contributed by atoms with Crippen LogP contribution >= 0.6 is 0 Å². The van der Waals surface area contributed by atoms with Crippen LogP contribution < -0.4 is 6.15 Å². The molecule has 0 heterocycles. The molecule has 5 heteroatoms. The number of unbranched alkanes of at least 4 members (excludes halogenated alkanes) is 12. The van der Waals surface area contributed by atoms with Gasteiger partial charge in [0.15, 0.2) is 0 Å². The van der Waals surface area contributed by atoms with E-state index >= 15 is 0 Å². The van der Waals surface area contributed by atoms with E-state index in [0.29, 0.717) is 5.39 Å². The van der Waals surface area contributed by atoms with Crippen molar-refractivity contribution in [3.63, 3.8) is 0 Å². The van der Waals surface area contributed by atoms with Gasteiger partial charge in [0.05, 0.1) is 0 Å². The van der Waals surface area contributed by atoms with Gasteiger partial charge in [0.25, 0.3) is 10.1 Å². The van der Waals surface area contributed by atoms with Crippen molar-refractivity contribution >= 4 is 20.9 Å². The van der Waals surface area contributed by atoms with Gasteiger partial charge in [0.1, 0.15) is 4.90 Å². The predicted octanol–water partition coefficient (Wildman–Crippen LogP) is 8.83. The van der Waals surface area contributed by atoms with Gasteiger partial charge >= 0.3 is 0 Å². The molecule has 0 spiro atoms. The summed E-state index contributed by atoms with van der Waals surface area (Å²) in [7, 11) is -4.28. The third kappa shape index (κ3) is 10.2. The Morgan fingerprint density at radius 3 is 1.73 bits per heavy atom. The zero-order chi connectivity index (χ0) is 23.2. The molecule has 188 valence electrons. The highest BCUT2D eigenvalue weighted by Crippen LogP contribution is 2.32. The van der Waals surface area contributed by atoms with Crippen LogP contribution in [0.5, 0.6) is 0 Å². The molecule has 0 bridgehead atoms. The monoisotopic (exact) mass is 477 g/mol. The van der Waals surface area contributed by atoms with Gasteiger partial charge in [0.2, 0.25) is 0 Å². The first-order chi connectivity index (χ1) is 15.5. The maximum Gasteiger partial charge on any atom is 0.295 e. The highest BCUT2D eigenvalue weighted by atomic mass is 32.2. The van der Waals surface area contributed by atoms with Crippen molar-refractivity contribution in [1.29, 1.82) is 0 Å². The first-order valence-corrected chi connectivity index (χ1v) is 14.4. The molecule has 0 aromatic heterocycles. The van der Waals surface area contributed by atoms with Crippen LogP contribution in [0.15, 0.2) is 35.2 Å². The number of hydrogen-bond donors (Lipinski definition) is 2. The van der Waals surface area contributed by atoms with Crippen LogP contribution in [-0.2, 0) is 23.0 Å². The number of hydrogen-bond acceptors (Lipinski definition) is 3. The van der Waals surface area contributed by atoms with Crippen molar-refractivity contribution in [2.45, 2.75) is 121 Å². The number of aryl methyl sites for hydroxylation is 1. The Morgan fingerprint density at radius 1 is 0.697 bits per heavy atom. The van der Waals surface area contributed by atoms with E-state index in [4.69, 9.17) is 0 Å². The SMILES string of the molecule is CCCCCCCCCc1cc2ccccc2c(S(=O)(=O)O)c1CCCCCCCCC.N. The summed E-state index contributed by atoms with van der Waals surface area (Å²) >= 11 is 0. The molecule has 0 fully saturated rings. The Balaban J connectivity index is 0.00000544. The van der Waals surface area contributed by atoms with Crippen molar-refractivity contribution in [3.8, 4) is 0 Å². The Hall–Kier alpha value is -1.43. The molecule has 0 radical (unpaired) electrons. The normalized spacial score (nSPS) is 11.6. The molecule has 0 unspecified atom stereocenters. The molecule has 0 aliphatic heterocycles. The summed E-state index contributed by atoms with van der Waals surface area (Å²) in [5.41, 5.74) is 1.96. The Morgan fingerprint density at radius 2 is 1.18 bits per heavy atom. The number of rotatable bonds is 17. The fraction of sp³-hybridized carbons (Fsp3) is 0.643. The second kappa shape index (κ2) is 16.2. The second-order valence-electron chi connectivity index (χ2n) is 9.28. The topological polar surface area (TPSA) is 89.4 Å². The molecule has 0 saturated heterocycles. The largest absolute Gasteiger partial charge is 0.344 e. The van der Waals surface area contributed by atoms with Gasteiger partial charge in [-0.15, -0.1) is 0 Å². The molecule has 0 aliphatic carbocycles. The highest BCUT2D eigenvalue weighted by Gasteiger charge is 2.22. The van der Waals surface area contributed by atoms with Gasteiger partial charge in [-0.3, -0.25) is 4.55 Å². The van der Waals surface area contributed by atoms with Crippen LogP contribution in [0, 0.1) is 0 Å². The molecule has 4 nitrogen and oxygen atoms in total. The van der Waals surface area contributed by atoms with E-state index in [0.717, 1.165) is 48.6 Å². The van der Waals surface area contributed by atoms with Gasteiger partial charge in [-0.2, -0.15) is 8.42 Å². The van der Waals surface area contributed by atoms with Crippen molar-refractivity contribution in [2.75, 3.05) is 0 Å². The Kier molecular flexibility index (Phi) is 14.6. The molecule has 2 rings (SSSR count). The van der Waals surface area contributed by atoms with Crippen LogP contribution in [0.3, 0.4) is 0 Å². The maximum absolute atomic E-state index is 12.5. The maximum atomic E-state index is 12.5. The number of benzene rings is 2. The standard InChI is InChI=1S/C28H44O3S.H3N/c1-3-5-7-9-11-13-15-19-24-23-25-20-17-18-22-27(25)28(32(29,30)31)26(24)21-16-14-12-10-8-6-4-2;/h17-18,20,22-23H,3-16,19,21H2,1-2H3,(H,29,30,31);1H3. The van der Waals surface area contributed by atoms with Crippen LogP contribution in [0.25, 0.3) is 10.8 Å². The van der Waals surface area contributed by atoms with Crippen molar-refractivity contribution in [3.05, 3.63) is 41.5 Å². The molecular formula is C28H47NO3S. The highest BCUT2D eigenvalue weighted by molar-refractivity contribution is 7.86. The molecule has 4 N–H and O–H groups in total. The van der Waals surface area contributed by atoms with Gasteiger partial charge in [0, 0.05) is 5.39 Å². The molecular weight excluding hydrogens is 430 g/mol. The fourth-order valence-corrected chi connectivity index (χ4v) is 5.74. The summed E-state index contributed by atoms with van der Waals surface area (Å²) in [6.45, 7) is 4.46. The quantitative estimate of drug-likeness (QED) is 0.176. The van der Waals surface area contributed by atoms with E-state index in [1.165, 1.54) is 70.6 Å². The van der Waals surface area contributed by atoms with E-state index in [1.807, 2.05) is 24.3 Å². The predicted molar refractivity (Wildman–Crippen MR) is 142 cm³/mol. The lowest BCUT2D eigenvalue weighted by molar-refractivity contribution is 0.482. The summed E-state index contributed by atoms with van der Waals surface area (Å²) in [4.78, 5) is 0.152. The van der Waals surface area contributed by atoms with Gasteiger partial charge in [-0.1, -0.05) is 121 Å². The minimum absolute atomic E-state index is 0. The van der Waals surface area contributed by atoms with Gasteiger partial charge < -0.3 is 6.15 Å². The number of fused-ring (bicyclic) bond motifs is 1. The van der Waals surface area contributed by atoms with E-state index in [9.17, 15) is 13.0 Å². The third-order valence-corrected chi connectivity index (χ3v) is 7.52. The Labute approximate surface area is 202 Å². The van der Waals surface area contributed by atoms with Crippen LogP contribution in [-0.4, -0.2) is 13.0 Å². The summed E-state index contributed by atoms with van der Waals surface area (Å²) in [6, 6.07) is 9.73. The molecule has 2 aromatic carbocycles. The molecule has 0 amide bonds. The molecule has 2 aromatic rings. The van der Waals surface area contributed by atoms with Crippen LogP contribution in [0.4, 0.5) is 0 Å². The van der Waals surface area contributed by atoms with E-state index in [2.05, 4.69) is 19.9 Å². The van der Waals surface area contributed by atoms with Crippen molar-refractivity contribution in [2.24, 2.45) is 0 Å². The van der Waals surface area contributed by atoms with Crippen LogP contribution in [0.1, 0.15) is 115 Å². The first-order valence-electron chi connectivity index (χ1n) is 13.0. The average molecular weight is 478 g/mol. The minimum atomic E-state index is -4.28. The van der Waals surface area contributed by atoms with Gasteiger partial charge in [-0.25, -0.2) is 0 Å². The molecule has 0 atom stereocenters. The second-order valence-corrected chi connectivity index (χ2v) is 10.6. The van der Waals surface area contributed by atoms with Crippen LogP contribution in [0.2, 0.25) is 0 Å². The molecule has 0 aliphatic rings. The van der Waals surface area contributed by atoms with Gasteiger partial charge in [-0.05, 0) is 42.2 Å². The van der Waals surface area contributed by atoms with E-state index < -0.39 is 10.1 Å². The Bertz CT molecular complexity index is 909. The molecule has 0 saturated carbocycles. The molecule has 33 heavy (non-hydrogen) atoms. The lowest BCUT2D eigenvalue weighted by Crippen LogP contribution is -2.08. The third-order valence-electron chi connectivity index (χ3n) is 6.53. The minimum Gasteiger partial charge on any atom is -0.344 e. The summed E-state index contributed by atoms with van der Waals surface area (Å²) in [6.07, 6.45) is 18.6. The lowest BCUT2D eigenvalue weighted by atomic mass is 9.93. The summed E-state index contributed by atoms with van der Waals surface area (Å²) in [5, 5.41) is 1.55. The fourth-order valence-electron chi connectivity index (χ4n) is 4.74. The summed E-state index contributed by atoms with van der Waals surface area (Å²) in [5.74, 6) is 0. The average Bonchev–Trinajstić information content (AvgIpc) is 2.76. The van der Waals surface area contributed by atoms with Crippen molar-refractivity contribution < 1.29 is 13.0 Å². The lowest BCUT2D eigenvalue weighted by Gasteiger charge is -2.17. The van der Waals surface area contributed by atoms with E-state index in [1.54, 1.807) is 0 Å². The first kappa shape index (κ1) is 29.6. The summed E-state index contributed by atoms with van der Waals surface area (Å²) < 4.78 is 35.1. The van der Waals surface area contributed by atoms with E-state index in [-0.39, 0.29) is 11.0 Å². The zero-order valence-corrected chi connectivity index (χ0v) is 21.9. The zero-order valence-electron chi connectivity index (χ0n) is 21.1. The smallest absolute Gasteiger partial charge is 0.295 e.